The van der Waals surface area contributed by atoms with E-state index < -0.39 is 0 Å². The second-order valence-corrected chi connectivity index (χ2v) is 6.34. The highest BCUT2D eigenvalue weighted by Crippen LogP contribution is 2.35. The second-order valence-electron chi connectivity index (χ2n) is 6.34. The van der Waals surface area contributed by atoms with E-state index in [9.17, 15) is 9.18 Å². The van der Waals surface area contributed by atoms with Crippen molar-refractivity contribution < 1.29 is 4.39 Å². The van der Waals surface area contributed by atoms with Crippen LogP contribution in [0.5, 0.6) is 0 Å². The largest absolute Gasteiger partial charge is 0.329 e. The summed E-state index contributed by atoms with van der Waals surface area (Å²) in [5, 5.41) is 2.59. The molecule has 0 aliphatic rings. The number of nitrogens with one attached hydrogen (secondary N) is 1. The summed E-state index contributed by atoms with van der Waals surface area (Å²) in [5.41, 5.74) is 2.37. The number of fused-ring (bicyclic) bond motifs is 6. The summed E-state index contributed by atoms with van der Waals surface area (Å²) in [6.45, 7) is 0. The maximum atomic E-state index is 13.9. The lowest BCUT2D eigenvalue weighted by molar-refractivity contribution is 0.630. The van der Waals surface area contributed by atoms with Gasteiger partial charge in [0.05, 0.1) is 16.4 Å². The average Bonchev–Trinajstić information content (AvgIpc) is 3.00. The van der Waals surface area contributed by atoms with Crippen molar-refractivity contribution in [1.29, 1.82) is 0 Å². The molecule has 3 aromatic carbocycles. The fourth-order valence-electron chi connectivity index (χ4n) is 3.71. The first-order valence-corrected chi connectivity index (χ1v) is 8.29. The van der Waals surface area contributed by atoms with Crippen molar-refractivity contribution in [3.8, 4) is 11.4 Å². The van der Waals surface area contributed by atoms with Crippen LogP contribution in [0.15, 0.2) is 65.6 Å². The topological polar surface area (TPSA) is 50.7 Å². The van der Waals surface area contributed by atoms with Gasteiger partial charge < -0.3 is 9.55 Å². The number of benzene rings is 3. The van der Waals surface area contributed by atoms with Gasteiger partial charge in [0.1, 0.15) is 11.6 Å². The molecule has 126 valence electrons. The summed E-state index contributed by atoms with van der Waals surface area (Å²) in [7, 11) is 1.94. The van der Waals surface area contributed by atoms with E-state index in [-0.39, 0.29) is 11.4 Å². The molecule has 0 amide bonds. The summed E-state index contributed by atoms with van der Waals surface area (Å²) in [4.78, 5) is 20.0. The van der Waals surface area contributed by atoms with Crippen LogP contribution in [0.25, 0.3) is 44.0 Å². The Balaban J connectivity index is 2.08. The van der Waals surface area contributed by atoms with Crippen molar-refractivity contribution >= 4 is 32.6 Å². The molecule has 26 heavy (non-hydrogen) atoms. The average molecular weight is 343 g/mol. The number of aromatic nitrogens is 3. The van der Waals surface area contributed by atoms with Gasteiger partial charge in [-0.15, -0.1) is 0 Å². The van der Waals surface area contributed by atoms with E-state index in [1.54, 1.807) is 12.3 Å². The third kappa shape index (κ3) is 1.94. The van der Waals surface area contributed by atoms with Crippen LogP contribution >= 0.6 is 0 Å². The highest BCUT2D eigenvalue weighted by atomic mass is 19.1. The molecule has 0 saturated heterocycles. The molecule has 0 atom stereocenters. The third-order valence-electron chi connectivity index (χ3n) is 4.85. The molecular weight excluding hydrogens is 329 g/mol. The van der Waals surface area contributed by atoms with Gasteiger partial charge in [-0.2, -0.15) is 0 Å². The van der Waals surface area contributed by atoms with E-state index in [1.807, 2.05) is 48.0 Å². The quantitative estimate of drug-likeness (QED) is 0.459. The van der Waals surface area contributed by atoms with Gasteiger partial charge in [0.15, 0.2) is 0 Å². The Morgan fingerprint density at radius 2 is 1.81 bits per heavy atom. The first-order chi connectivity index (χ1) is 12.6. The summed E-state index contributed by atoms with van der Waals surface area (Å²) in [6.07, 6.45) is 1.60. The Hall–Kier alpha value is -3.47. The SMILES string of the molecule is Cn1c(-c2ccccc2)nc2c3cc[nH]c(=O)c3c3cc(F)ccc3c21. The molecule has 2 heterocycles. The number of H-pyrrole nitrogens is 1. The van der Waals surface area contributed by atoms with Gasteiger partial charge in [0, 0.05) is 35.0 Å². The summed E-state index contributed by atoms with van der Waals surface area (Å²) in [6, 6.07) is 16.3. The van der Waals surface area contributed by atoms with Crippen molar-refractivity contribution in [2.24, 2.45) is 7.05 Å². The molecule has 5 heteroatoms. The predicted molar refractivity (Wildman–Crippen MR) is 102 cm³/mol. The highest BCUT2D eigenvalue weighted by molar-refractivity contribution is 6.23. The van der Waals surface area contributed by atoms with Crippen LogP contribution in [0.4, 0.5) is 4.39 Å². The number of aromatic amines is 1. The van der Waals surface area contributed by atoms with E-state index in [4.69, 9.17) is 4.98 Å². The van der Waals surface area contributed by atoms with Gasteiger partial charge in [-0.1, -0.05) is 30.3 Å². The molecule has 5 rings (SSSR count). The van der Waals surface area contributed by atoms with Crippen LogP contribution in [-0.4, -0.2) is 14.5 Å². The van der Waals surface area contributed by atoms with Crippen molar-refractivity contribution in [3.63, 3.8) is 0 Å². The molecule has 0 unspecified atom stereocenters. The van der Waals surface area contributed by atoms with Crippen LogP contribution in [0.3, 0.4) is 0 Å². The lowest BCUT2D eigenvalue weighted by atomic mass is 10.0. The summed E-state index contributed by atoms with van der Waals surface area (Å²) in [5.74, 6) is 0.436. The Bertz CT molecular complexity index is 1370. The van der Waals surface area contributed by atoms with Gasteiger partial charge in [0.2, 0.25) is 0 Å². The van der Waals surface area contributed by atoms with Crippen LogP contribution in [0, 0.1) is 5.82 Å². The second kappa shape index (κ2) is 5.26. The molecule has 2 aromatic heterocycles. The molecule has 4 nitrogen and oxygen atoms in total. The number of rotatable bonds is 1. The lowest BCUT2D eigenvalue weighted by Gasteiger charge is -2.08. The zero-order valence-electron chi connectivity index (χ0n) is 14.0. The first kappa shape index (κ1) is 14.8. The lowest BCUT2D eigenvalue weighted by Crippen LogP contribution is -2.05. The van der Waals surface area contributed by atoms with Crippen LogP contribution in [-0.2, 0) is 7.05 Å². The minimum atomic E-state index is -0.369. The van der Waals surface area contributed by atoms with Crippen LogP contribution in [0.2, 0.25) is 0 Å². The fourth-order valence-corrected chi connectivity index (χ4v) is 3.71. The number of imidazole rings is 1. The molecule has 1 N–H and O–H groups in total. The van der Waals surface area contributed by atoms with Crippen molar-refractivity contribution in [2.75, 3.05) is 0 Å². The van der Waals surface area contributed by atoms with Gasteiger partial charge in [-0.3, -0.25) is 4.79 Å². The standard InChI is InChI=1S/C21H14FN3O/c1-25-19-14-8-7-13(22)11-16(14)17-15(9-10-23-21(17)26)18(19)24-20(25)12-5-3-2-4-6-12/h2-11H,1H3,(H,23,26). The highest BCUT2D eigenvalue weighted by Gasteiger charge is 2.18. The van der Waals surface area contributed by atoms with Crippen molar-refractivity contribution in [2.45, 2.75) is 0 Å². The normalized spacial score (nSPS) is 11.6. The molecule has 0 spiro atoms. The first-order valence-electron chi connectivity index (χ1n) is 8.29. The fraction of sp³-hybridized carbons (Fsp3) is 0.0476. The van der Waals surface area contributed by atoms with Gasteiger partial charge in [0.25, 0.3) is 5.56 Å². The molecule has 0 aliphatic carbocycles. The number of hydrogen-bond acceptors (Lipinski definition) is 2. The molecule has 0 fully saturated rings. The summed E-state index contributed by atoms with van der Waals surface area (Å²) >= 11 is 0. The van der Waals surface area contributed by atoms with Crippen LogP contribution < -0.4 is 5.56 Å². The Morgan fingerprint density at radius 3 is 2.62 bits per heavy atom. The number of halogens is 1. The minimum absolute atomic E-state index is 0.244. The van der Waals surface area contributed by atoms with E-state index in [2.05, 4.69) is 4.98 Å². The molecular formula is C21H14FN3O. The van der Waals surface area contributed by atoms with E-state index in [0.29, 0.717) is 10.8 Å². The molecule has 0 saturated carbocycles. The molecule has 0 radical (unpaired) electrons. The Morgan fingerprint density at radius 1 is 1.00 bits per heavy atom. The molecule has 0 bridgehead atoms. The van der Waals surface area contributed by atoms with Crippen molar-refractivity contribution in [1.82, 2.24) is 14.5 Å². The maximum Gasteiger partial charge on any atom is 0.256 e. The number of aryl methyl sites for hydroxylation is 1. The van der Waals surface area contributed by atoms with Crippen molar-refractivity contribution in [3.05, 3.63) is 77.0 Å². The monoisotopic (exact) mass is 343 g/mol. The molecule has 5 aromatic rings. The van der Waals surface area contributed by atoms with Gasteiger partial charge in [-0.25, -0.2) is 9.37 Å². The summed E-state index contributed by atoms with van der Waals surface area (Å²) < 4.78 is 15.9. The maximum absolute atomic E-state index is 13.9. The smallest absolute Gasteiger partial charge is 0.256 e. The minimum Gasteiger partial charge on any atom is -0.329 e. The zero-order chi connectivity index (χ0) is 17.8. The van der Waals surface area contributed by atoms with Gasteiger partial charge in [-0.05, 0) is 24.3 Å². The predicted octanol–water partition coefficient (Wildman–Crippen LogP) is 4.37. The number of hydrogen-bond donors (Lipinski definition) is 1. The van der Waals surface area contributed by atoms with E-state index in [1.165, 1.54) is 12.1 Å². The van der Waals surface area contributed by atoms with E-state index >= 15 is 0 Å². The Labute approximate surface area is 147 Å². The van der Waals surface area contributed by atoms with Gasteiger partial charge >= 0.3 is 0 Å². The molecule has 0 aliphatic heterocycles. The van der Waals surface area contributed by atoms with E-state index in [0.717, 1.165) is 33.2 Å². The number of nitrogens with zero attached hydrogens (tertiary/aromatic N) is 2. The zero-order valence-corrected chi connectivity index (χ0v) is 14.0. The Kier molecular flexibility index (Phi) is 3.00. The number of pyridine rings is 1. The van der Waals surface area contributed by atoms with Crippen LogP contribution in [0.1, 0.15) is 0 Å². The third-order valence-corrected chi connectivity index (χ3v) is 4.85.